The zero-order valence-electron chi connectivity index (χ0n) is 18.9. The second kappa shape index (κ2) is 6.91. The first kappa shape index (κ1) is 18.8. The number of nitrogens with zero attached hydrogens (tertiary/aromatic N) is 3. The van der Waals surface area contributed by atoms with E-state index in [0.29, 0.717) is 11.5 Å². The molecule has 1 aliphatic heterocycles. The molecule has 5 aliphatic rings. The number of aryl methyl sites for hydroxylation is 1. The van der Waals surface area contributed by atoms with Crippen molar-refractivity contribution < 1.29 is 0 Å². The lowest BCUT2D eigenvalue weighted by Gasteiger charge is -2.58. The number of para-hydroxylation sites is 1. The number of amidine groups is 1. The Hall–Kier alpha value is -2.68. The van der Waals surface area contributed by atoms with Gasteiger partial charge in [-0.2, -0.15) is 0 Å². The van der Waals surface area contributed by atoms with E-state index in [1.807, 2.05) is 12.3 Å². The van der Waals surface area contributed by atoms with E-state index >= 15 is 0 Å². The van der Waals surface area contributed by atoms with Gasteiger partial charge < -0.3 is 4.90 Å². The minimum Gasteiger partial charge on any atom is -0.324 e. The van der Waals surface area contributed by atoms with Crippen LogP contribution in [0.2, 0.25) is 0 Å². The van der Waals surface area contributed by atoms with Gasteiger partial charge in [-0.3, -0.25) is 9.98 Å². The lowest BCUT2D eigenvalue weighted by atomic mass is 9.48. The maximum absolute atomic E-state index is 5.58. The number of pyridine rings is 1. The van der Waals surface area contributed by atoms with Crippen LogP contribution in [-0.4, -0.2) is 23.4 Å². The van der Waals surface area contributed by atoms with Crippen molar-refractivity contribution in [3.8, 4) is 0 Å². The molecule has 2 aromatic carbocycles. The van der Waals surface area contributed by atoms with E-state index in [1.165, 1.54) is 60.7 Å². The summed E-state index contributed by atoms with van der Waals surface area (Å²) in [5.41, 5.74) is 5.22. The van der Waals surface area contributed by atoms with Gasteiger partial charge in [-0.05, 0) is 92.9 Å². The SMILES string of the molecule is Cc1ccc(N2CC(C34CC5CC(CC(C5)C3)C4)N=C2c2cccc3cccnc23)cc1. The van der Waals surface area contributed by atoms with Crippen LogP contribution in [0.3, 0.4) is 0 Å². The summed E-state index contributed by atoms with van der Waals surface area (Å²) in [7, 11) is 0. The van der Waals surface area contributed by atoms with Crippen molar-refractivity contribution >= 4 is 22.4 Å². The number of benzene rings is 2. The molecule has 8 rings (SSSR count). The molecule has 1 aromatic heterocycles. The highest BCUT2D eigenvalue weighted by molar-refractivity contribution is 6.17. The van der Waals surface area contributed by atoms with Crippen molar-refractivity contribution in [1.82, 2.24) is 4.98 Å². The van der Waals surface area contributed by atoms with Gasteiger partial charge in [0.2, 0.25) is 0 Å². The summed E-state index contributed by atoms with van der Waals surface area (Å²) >= 11 is 0. The fraction of sp³-hybridized carbons (Fsp3) is 0.448. The fourth-order valence-corrected chi connectivity index (χ4v) is 7.89. The van der Waals surface area contributed by atoms with Gasteiger partial charge >= 0.3 is 0 Å². The molecule has 3 aromatic rings. The van der Waals surface area contributed by atoms with Gasteiger partial charge in [-0.15, -0.1) is 0 Å². The van der Waals surface area contributed by atoms with Crippen LogP contribution in [0.5, 0.6) is 0 Å². The van der Waals surface area contributed by atoms with Crippen molar-refractivity contribution in [3.05, 3.63) is 71.9 Å². The second-order valence-corrected chi connectivity index (χ2v) is 11.1. The molecule has 3 heteroatoms. The molecule has 3 nitrogen and oxygen atoms in total. The average Bonchev–Trinajstić information content (AvgIpc) is 3.24. The summed E-state index contributed by atoms with van der Waals surface area (Å²) in [6, 6.07) is 20.1. The van der Waals surface area contributed by atoms with Gasteiger partial charge in [-0.25, -0.2) is 0 Å². The molecule has 1 unspecified atom stereocenters. The maximum Gasteiger partial charge on any atom is 0.138 e. The average molecular weight is 422 g/mol. The largest absolute Gasteiger partial charge is 0.324 e. The number of aromatic nitrogens is 1. The van der Waals surface area contributed by atoms with Crippen LogP contribution in [0.1, 0.15) is 49.7 Å². The molecule has 0 N–H and O–H groups in total. The van der Waals surface area contributed by atoms with Crippen LogP contribution >= 0.6 is 0 Å². The summed E-state index contributed by atoms with van der Waals surface area (Å²) in [4.78, 5) is 12.9. The standard InChI is InChI=1S/C29H31N3/c1-19-7-9-24(10-8-19)32-18-26(29-15-20-12-21(16-29)14-22(13-20)17-29)31-28(32)25-6-2-4-23-5-3-11-30-27(23)25/h2-11,20-22,26H,12-18H2,1H3. The Morgan fingerprint density at radius 1 is 0.844 bits per heavy atom. The molecule has 0 saturated heterocycles. The predicted molar refractivity (Wildman–Crippen MR) is 131 cm³/mol. The Kier molecular flexibility index (Phi) is 4.07. The first-order valence-corrected chi connectivity index (χ1v) is 12.4. The third-order valence-corrected chi connectivity index (χ3v) is 8.90. The highest BCUT2D eigenvalue weighted by Crippen LogP contribution is 2.62. The van der Waals surface area contributed by atoms with Crippen LogP contribution in [-0.2, 0) is 0 Å². The molecule has 4 bridgehead atoms. The second-order valence-electron chi connectivity index (χ2n) is 11.1. The molecule has 32 heavy (non-hydrogen) atoms. The Morgan fingerprint density at radius 3 is 2.25 bits per heavy atom. The van der Waals surface area contributed by atoms with E-state index in [-0.39, 0.29) is 0 Å². The molecule has 0 amide bonds. The number of aliphatic imine (C=N–C) groups is 1. The third-order valence-electron chi connectivity index (χ3n) is 8.90. The summed E-state index contributed by atoms with van der Waals surface area (Å²) < 4.78 is 0. The van der Waals surface area contributed by atoms with E-state index in [9.17, 15) is 0 Å². The van der Waals surface area contributed by atoms with Crippen LogP contribution in [0.4, 0.5) is 5.69 Å². The van der Waals surface area contributed by atoms with Crippen LogP contribution in [0, 0.1) is 30.1 Å². The normalized spacial score (nSPS) is 33.2. The number of hydrogen-bond donors (Lipinski definition) is 0. The Balaban J connectivity index is 1.35. The van der Waals surface area contributed by atoms with Crippen LogP contribution < -0.4 is 4.90 Å². The molecule has 4 aliphatic carbocycles. The molecule has 0 radical (unpaired) electrons. The Labute approximate surface area is 190 Å². The topological polar surface area (TPSA) is 28.5 Å². The Bertz CT molecular complexity index is 1170. The van der Waals surface area contributed by atoms with Crippen LogP contribution in [0.15, 0.2) is 65.8 Å². The van der Waals surface area contributed by atoms with Gasteiger partial charge in [0.1, 0.15) is 5.84 Å². The molecule has 4 saturated carbocycles. The van der Waals surface area contributed by atoms with Gasteiger partial charge in [0.15, 0.2) is 0 Å². The molecular formula is C29H31N3. The van der Waals surface area contributed by atoms with Gasteiger partial charge in [0.05, 0.1) is 11.6 Å². The minimum absolute atomic E-state index is 0.395. The zero-order valence-corrected chi connectivity index (χ0v) is 18.9. The predicted octanol–water partition coefficient (Wildman–Crippen LogP) is 6.40. The van der Waals surface area contributed by atoms with E-state index in [4.69, 9.17) is 9.98 Å². The molecule has 1 atom stereocenters. The lowest BCUT2D eigenvalue weighted by molar-refractivity contribution is -0.0635. The smallest absolute Gasteiger partial charge is 0.138 e. The van der Waals surface area contributed by atoms with Gasteiger partial charge in [0.25, 0.3) is 0 Å². The molecule has 4 fully saturated rings. The molecule has 162 valence electrons. The monoisotopic (exact) mass is 421 g/mol. The third kappa shape index (κ3) is 2.86. The van der Waals surface area contributed by atoms with E-state index < -0.39 is 0 Å². The van der Waals surface area contributed by atoms with Crippen LogP contribution in [0.25, 0.3) is 10.9 Å². The van der Waals surface area contributed by atoms with Crippen molar-refractivity contribution in [3.63, 3.8) is 0 Å². The van der Waals surface area contributed by atoms with Crippen molar-refractivity contribution in [1.29, 1.82) is 0 Å². The molecule has 0 spiro atoms. The fourth-order valence-electron chi connectivity index (χ4n) is 7.89. The van der Waals surface area contributed by atoms with E-state index in [2.05, 4.69) is 60.4 Å². The summed E-state index contributed by atoms with van der Waals surface area (Å²) in [6.45, 7) is 3.17. The quantitative estimate of drug-likeness (QED) is 0.490. The van der Waals surface area contributed by atoms with E-state index in [1.54, 1.807) is 0 Å². The van der Waals surface area contributed by atoms with Crippen molar-refractivity contribution in [2.24, 2.45) is 28.2 Å². The lowest BCUT2D eigenvalue weighted by Crippen LogP contribution is -2.52. The maximum atomic E-state index is 5.58. The van der Waals surface area contributed by atoms with Crippen molar-refractivity contribution in [2.45, 2.75) is 51.5 Å². The summed E-state index contributed by atoms with van der Waals surface area (Å²) in [6.07, 6.45) is 10.6. The zero-order chi connectivity index (χ0) is 21.3. The van der Waals surface area contributed by atoms with Gasteiger partial charge in [-0.1, -0.05) is 35.9 Å². The first-order valence-electron chi connectivity index (χ1n) is 12.4. The highest BCUT2D eigenvalue weighted by atomic mass is 15.3. The van der Waals surface area contributed by atoms with E-state index in [0.717, 1.165) is 35.7 Å². The number of fused-ring (bicyclic) bond motifs is 1. The summed E-state index contributed by atoms with van der Waals surface area (Å²) in [5.74, 6) is 3.98. The van der Waals surface area contributed by atoms with Gasteiger partial charge in [0, 0.05) is 29.4 Å². The minimum atomic E-state index is 0.395. The summed E-state index contributed by atoms with van der Waals surface area (Å²) in [5, 5.41) is 1.19. The number of hydrogen-bond acceptors (Lipinski definition) is 3. The number of anilines is 1. The van der Waals surface area contributed by atoms with Crippen molar-refractivity contribution in [2.75, 3.05) is 11.4 Å². The number of rotatable bonds is 3. The first-order chi connectivity index (χ1) is 15.7. The Morgan fingerprint density at radius 2 is 1.53 bits per heavy atom. The highest BCUT2D eigenvalue weighted by Gasteiger charge is 2.55. The molecular weight excluding hydrogens is 390 g/mol. The molecule has 2 heterocycles.